The molecule has 0 saturated heterocycles. The minimum absolute atomic E-state index is 0.0485. The highest BCUT2D eigenvalue weighted by Crippen LogP contribution is 2.38. The normalized spacial score (nSPS) is 16.6. The Labute approximate surface area is 581 Å². The summed E-state index contributed by atoms with van der Waals surface area (Å²) in [7, 11) is -7.71. The molecule has 4 aromatic carbocycles. The molecular weight excluding hydrogens is 1370 g/mol. The number of ether oxygens (including phenoxy) is 1. The number of halogens is 5. The van der Waals surface area contributed by atoms with Gasteiger partial charge in [-0.3, -0.25) is 14.6 Å². The number of carbonyl (C=O) groups excluding carboxylic acids is 2. The minimum atomic E-state index is -3.20. The predicted molar refractivity (Wildman–Crippen MR) is 387 cm³/mol. The van der Waals surface area contributed by atoms with Crippen LogP contribution in [0.15, 0.2) is 140 Å². The maximum Gasteiger partial charge on any atom is 0.219 e. The van der Waals surface area contributed by atoms with E-state index in [4.69, 9.17) is 16.3 Å². The number of aromatic amines is 5. The van der Waals surface area contributed by atoms with Gasteiger partial charge >= 0.3 is 0 Å². The molecular formula is C72H76ClF4N11O9S3. The Bertz CT molecular complexity index is 5300. The van der Waals surface area contributed by atoms with E-state index in [1.807, 2.05) is 96.5 Å². The second kappa shape index (κ2) is 30.4. The van der Waals surface area contributed by atoms with Crippen molar-refractivity contribution in [1.29, 1.82) is 0 Å². The van der Waals surface area contributed by atoms with Gasteiger partial charge in [0.2, 0.25) is 41.9 Å². The summed E-state index contributed by atoms with van der Waals surface area (Å²) in [6.07, 6.45) is 30.2. The number of benzene rings is 4. The Hall–Kier alpha value is -9.09. The summed E-state index contributed by atoms with van der Waals surface area (Å²) in [6, 6.07) is 18.4. The zero-order valence-electron chi connectivity index (χ0n) is 55.9. The topological polar surface area (TPSA) is 254 Å². The number of carbonyl (C=O) groups is 2. The number of H-pyrrole nitrogens is 5. The number of rotatable bonds is 9. The molecule has 5 N–H and O–H groups in total. The molecule has 0 bridgehead atoms. The number of sulfonamides is 3. The summed E-state index contributed by atoms with van der Waals surface area (Å²) in [4.78, 5) is 46.0. The first kappa shape index (κ1) is 72.2. The molecule has 0 fully saturated rings. The van der Waals surface area contributed by atoms with Crippen molar-refractivity contribution in [3.05, 3.63) is 197 Å². The molecule has 2 amide bonds. The number of fused-ring (bicyclic) bond motifs is 5. The molecule has 0 atom stereocenters. The van der Waals surface area contributed by atoms with Crippen molar-refractivity contribution in [2.24, 2.45) is 0 Å². The fraction of sp³-hybridized carbons (Fsp3) is 0.292. The zero-order chi connectivity index (χ0) is 71.4. The number of hydrogen-bond acceptors (Lipinski definition) is 10. The summed E-state index contributed by atoms with van der Waals surface area (Å²) in [5.41, 5.74) is 15.0. The molecule has 0 spiro atoms. The van der Waals surface area contributed by atoms with E-state index in [2.05, 4.69) is 36.0 Å². The first-order valence-electron chi connectivity index (χ1n) is 32.2. The van der Waals surface area contributed by atoms with Gasteiger partial charge in [0.1, 0.15) is 5.75 Å². The Morgan fingerprint density at radius 2 is 0.820 bits per heavy atom. The fourth-order valence-corrected chi connectivity index (χ4v) is 15.4. The van der Waals surface area contributed by atoms with Crippen LogP contribution in [0.3, 0.4) is 0 Å². The van der Waals surface area contributed by atoms with Gasteiger partial charge in [-0.15, -0.1) is 0 Å². The minimum Gasteiger partial charge on any atom is -0.496 e. The number of methoxy groups -OCH3 is 1. The van der Waals surface area contributed by atoms with Gasteiger partial charge in [-0.25, -0.2) is 42.8 Å². The van der Waals surface area contributed by atoms with Gasteiger partial charge in [0.15, 0.2) is 23.3 Å². The second-order valence-electron chi connectivity index (χ2n) is 24.8. The first-order valence-corrected chi connectivity index (χ1v) is 38.1. The fourth-order valence-electron chi connectivity index (χ4n) is 12.9. The molecule has 5 aliphatic rings. The third-order valence-corrected chi connectivity index (χ3v) is 22.5. The molecule has 15 rings (SSSR count). The average Bonchev–Trinajstić information content (AvgIpc) is 1.67. The summed E-state index contributed by atoms with van der Waals surface area (Å²) in [6.45, 7) is 8.47. The van der Waals surface area contributed by atoms with Gasteiger partial charge in [-0.2, -0.15) is 12.9 Å². The molecule has 0 unspecified atom stereocenters. The van der Waals surface area contributed by atoms with Crippen LogP contribution in [-0.4, -0.2) is 181 Å². The van der Waals surface area contributed by atoms with Gasteiger partial charge in [-0.1, -0.05) is 48.0 Å². The lowest BCUT2D eigenvalue weighted by Gasteiger charge is -2.25. The molecule has 100 heavy (non-hydrogen) atoms. The van der Waals surface area contributed by atoms with E-state index in [9.17, 15) is 52.4 Å². The van der Waals surface area contributed by atoms with Crippen LogP contribution in [0.25, 0.3) is 82.4 Å². The quantitative estimate of drug-likeness (QED) is 0.0854. The van der Waals surface area contributed by atoms with Crippen molar-refractivity contribution in [2.45, 2.75) is 46.0 Å². The van der Waals surface area contributed by atoms with E-state index < -0.39 is 53.3 Å². The van der Waals surface area contributed by atoms with Crippen molar-refractivity contribution < 1.29 is 57.1 Å². The van der Waals surface area contributed by atoms with E-state index >= 15 is 0 Å². The van der Waals surface area contributed by atoms with Crippen LogP contribution in [0.1, 0.15) is 73.8 Å². The maximum absolute atomic E-state index is 13.4. The van der Waals surface area contributed by atoms with Crippen LogP contribution in [0.4, 0.5) is 17.6 Å². The number of pyridine rings is 1. The summed E-state index contributed by atoms with van der Waals surface area (Å²) in [5.74, 6) is -2.42. The van der Waals surface area contributed by atoms with E-state index in [1.54, 1.807) is 44.4 Å². The highest BCUT2D eigenvalue weighted by molar-refractivity contribution is 7.88. The SMILES string of the molecule is CC(=O)N1CC=C(c2c[nH]c3cc(F)c(F)cc23)CC1.COc1cccc2[nH]cc(C3=CCN(C(C)=O)CC3)c12.CS(=O)(=O)N1CC=C(c2c[nH]c3cc(F)c(F)cc23)CC1.CS(=O)(=O)N1CC=C(c2c[nH]c3ccc(Cl)cc23)CC1.CS(=O)(=O)N1CC=C(c2c[nH]c3ccncc23)CC1. The summed E-state index contributed by atoms with van der Waals surface area (Å²) in [5, 5.41) is 5.27. The van der Waals surface area contributed by atoms with Gasteiger partial charge in [0, 0.05) is 222 Å². The van der Waals surface area contributed by atoms with Crippen LogP contribution in [0.5, 0.6) is 5.75 Å². The molecule has 0 saturated carbocycles. The standard InChI is InChI=1S/C16H18N2O2.C15H14F2N2O.C14H15ClN2O2S.C14H14F2N2O2S.C13H15N3O2S/c1-11(19)18-8-6-12(7-9-18)13-10-17-14-4-3-5-15(20-2)16(13)14;1-9(20)19-4-2-10(3-5-19)12-8-18-15-7-14(17)13(16)6-11(12)15;1-20(18,19)17-6-4-10(5-7-17)13-9-16-14-3-2-11(15)8-12(13)14;1-21(19,20)18-4-2-9(3-5-18)11-8-17-14-7-13(16)12(15)6-10(11)14;1-19(17,18)16-6-3-10(4-7-16)11-9-15-13-2-5-14-8-12(11)13/h3-6,10,17H,7-9H2,1-2H3;2,6-8,18H,3-5H2,1H3;2-4,8-9,16H,5-7H2,1H3;2,6-8,17H,3-5H2,1H3;2-3,5,8-9,15H,4,6-7H2,1H3. The first-order chi connectivity index (χ1) is 47.6. The largest absolute Gasteiger partial charge is 0.496 e. The van der Waals surface area contributed by atoms with Gasteiger partial charge in [0.05, 0.1) is 25.9 Å². The lowest BCUT2D eigenvalue weighted by molar-refractivity contribution is -0.129. The molecule has 6 aromatic heterocycles. The third kappa shape index (κ3) is 16.5. The number of aromatic nitrogens is 6. The van der Waals surface area contributed by atoms with E-state index in [0.717, 1.165) is 97.3 Å². The predicted octanol–water partition coefficient (Wildman–Crippen LogP) is 12.9. The van der Waals surface area contributed by atoms with Gasteiger partial charge < -0.3 is 39.5 Å². The molecule has 526 valence electrons. The maximum atomic E-state index is 13.4. The molecule has 5 aliphatic heterocycles. The lowest BCUT2D eigenvalue weighted by Crippen LogP contribution is -2.33. The van der Waals surface area contributed by atoms with E-state index in [-0.39, 0.29) is 11.8 Å². The molecule has 0 aliphatic carbocycles. The number of amides is 2. The van der Waals surface area contributed by atoms with Crippen LogP contribution in [0.2, 0.25) is 5.02 Å². The van der Waals surface area contributed by atoms with E-state index in [1.165, 1.54) is 72.2 Å². The molecule has 20 nitrogen and oxygen atoms in total. The molecule has 28 heteroatoms. The average molecular weight is 1450 g/mol. The second-order valence-corrected chi connectivity index (χ2v) is 31.2. The van der Waals surface area contributed by atoms with Crippen LogP contribution in [-0.2, 0) is 39.7 Å². The summed E-state index contributed by atoms with van der Waals surface area (Å²) >= 11 is 6.05. The van der Waals surface area contributed by atoms with Crippen LogP contribution >= 0.6 is 11.6 Å². The molecule has 0 radical (unpaired) electrons. The Morgan fingerprint density at radius 1 is 0.450 bits per heavy atom. The van der Waals surface area contributed by atoms with Crippen molar-refractivity contribution in [1.82, 2.24) is 52.6 Å². The Morgan fingerprint density at radius 3 is 1.22 bits per heavy atom. The highest BCUT2D eigenvalue weighted by atomic mass is 35.5. The Kier molecular flexibility index (Phi) is 21.9. The van der Waals surface area contributed by atoms with Crippen molar-refractivity contribution in [2.75, 3.05) is 91.3 Å². The summed E-state index contributed by atoms with van der Waals surface area (Å²) < 4.78 is 132. The number of hydrogen-bond donors (Lipinski definition) is 5. The number of nitrogens with zero attached hydrogens (tertiary/aromatic N) is 6. The van der Waals surface area contributed by atoms with Gasteiger partial charge in [-0.05, 0) is 109 Å². The van der Waals surface area contributed by atoms with Gasteiger partial charge in [0.25, 0.3) is 0 Å². The number of nitrogens with one attached hydrogen (secondary N) is 5. The third-order valence-electron chi connectivity index (χ3n) is 18.4. The monoisotopic (exact) mass is 1450 g/mol. The smallest absolute Gasteiger partial charge is 0.219 e. The highest BCUT2D eigenvalue weighted by Gasteiger charge is 2.26. The van der Waals surface area contributed by atoms with E-state index in [0.29, 0.717) is 105 Å². The van der Waals surface area contributed by atoms with Crippen LogP contribution < -0.4 is 4.74 Å². The van der Waals surface area contributed by atoms with Crippen molar-refractivity contribution in [3.63, 3.8) is 0 Å². The van der Waals surface area contributed by atoms with Crippen molar-refractivity contribution in [3.8, 4) is 5.75 Å². The van der Waals surface area contributed by atoms with Crippen LogP contribution in [0, 0.1) is 23.3 Å². The Balaban J connectivity index is 0.000000126. The molecule has 10 aromatic rings. The zero-order valence-corrected chi connectivity index (χ0v) is 59.1. The molecule has 11 heterocycles. The van der Waals surface area contributed by atoms with Crippen molar-refractivity contribution >= 4 is 136 Å². The lowest BCUT2D eigenvalue weighted by atomic mass is 9.98.